The Hall–Kier alpha value is -2.95. The topological polar surface area (TPSA) is 87.5 Å². The van der Waals surface area contributed by atoms with E-state index in [0.717, 1.165) is 49.0 Å². The number of rotatable bonds is 3. The molecular formula is C22H24ClN9S. The minimum Gasteiger partial charge on any atom is -0.340 e. The van der Waals surface area contributed by atoms with E-state index in [9.17, 15) is 0 Å². The van der Waals surface area contributed by atoms with Crippen LogP contribution in [0.3, 0.4) is 0 Å². The zero-order valence-electron chi connectivity index (χ0n) is 18.1. The Bertz CT molecular complexity index is 1240. The normalized spacial score (nSPS) is 24.4. The molecule has 9 nitrogen and oxygen atoms in total. The maximum Gasteiger partial charge on any atom is 0.224 e. The zero-order chi connectivity index (χ0) is 22.4. The second kappa shape index (κ2) is 8.44. The van der Waals surface area contributed by atoms with Crippen molar-refractivity contribution in [3.63, 3.8) is 0 Å². The first-order valence-electron chi connectivity index (χ1n) is 11.0. The summed E-state index contributed by atoms with van der Waals surface area (Å²) in [6.07, 6.45) is 1.82. The molecule has 0 spiro atoms. The first kappa shape index (κ1) is 20.6. The van der Waals surface area contributed by atoms with Crippen LogP contribution >= 0.6 is 22.9 Å². The summed E-state index contributed by atoms with van der Waals surface area (Å²) in [7, 11) is 2.15. The Morgan fingerprint density at radius 1 is 1.21 bits per heavy atom. The van der Waals surface area contributed by atoms with Crippen molar-refractivity contribution in [2.75, 3.05) is 33.2 Å². The molecule has 3 aliphatic heterocycles. The molecule has 11 heteroatoms. The first-order chi connectivity index (χ1) is 16.2. The minimum atomic E-state index is -0.153. The number of likely N-dealkylation sites (N-methyl/N-ethyl adjacent to an activating group) is 1. The second-order valence-electron chi connectivity index (χ2n) is 8.43. The minimum absolute atomic E-state index is 0.0935. The Morgan fingerprint density at radius 3 is 2.88 bits per heavy atom. The van der Waals surface area contributed by atoms with Crippen LogP contribution in [0.1, 0.15) is 17.3 Å². The number of aliphatic imine (C=N–C) groups is 2. The predicted molar refractivity (Wildman–Crippen MR) is 133 cm³/mol. The van der Waals surface area contributed by atoms with Gasteiger partial charge in [-0.25, -0.2) is 20.0 Å². The molecule has 2 aromatic heterocycles. The number of hydrazone groups is 1. The molecule has 0 bridgehead atoms. The molecule has 2 atom stereocenters. The van der Waals surface area contributed by atoms with E-state index >= 15 is 0 Å². The van der Waals surface area contributed by atoms with Crippen molar-refractivity contribution in [3.8, 4) is 0 Å². The van der Waals surface area contributed by atoms with Crippen molar-refractivity contribution in [2.24, 2.45) is 15.1 Å². The summed E-state index contributed by atoms with van der Waals surface area (Å²) in [6.45, 7) is 4.24. The number of H-pyrrole nitrogens is 1. The molecule has 170 valence electrons. The number of nitrogens with zero attached hydrogens (tertiary/aromatic N) is 7. The number of halogens is 1. The summed E-state index contributed by atoms with van der Waals surface area (Å²) >= 11 is 7.98. The zero-order valence-corrected chi connectivity index (χ0v) is 19.7. The summed E-state index contributed by atoms with van der Waals surface area (Å²) in [5.41, 5.74) is 2.90. The number of guanidine groups is 2. The van der Waals surface area contributed by atoms with Gasteiger partial charge in [-0.05, 0) is 41.6 Å². The van der Waals surface area contributed by atoms with Crippen molar-refractivity contribution in [3.05, 3.63) is 51.4 Å². The van der Waals surface area contributed by atoms with Gasteiger partial charge in [0.15, 0.2) is 6.17 Å². The van der Waals surface area contributed by atoms with E-state index in [4.69, 9.17) is 21.6 Å². The van der Waals surface area contributed by atoms with E-state index in [2.05, 4.69) is 54.1 Å². The van der Waals surface area contributed by atoms with Gasteiger partial charge < -0.3 is 14.8 Å². The number of thiophene rings is 1. The van der Waals surface area contributed by atoms with Crippen molar-refractivity contribution >= 4 is 52.1 Å². The number of benzene rings is 1. The van der Waals surface area contributed by atoms with Crippen molar-refractivity contribution < 1.29 is 0 Å². The van der Waals surface area contributed by atoms with Gasteiger partial charge in [-0.3, -0.25) is 5.32 Å². The van der Waals surface area contributed by atoms with E-state index < -0.39 is 0 Å². The highest BCUT2D eigenvalue weighted by atomic mass is 35.5. The number of imidazole rings is 1. The SMILES string of the molecule is CN1CCN(C2=NC3C(c4ccsc4)C=NN3C(=NCc3nc4c(Cl)cccc4[nH]3)N2)CC1. The number of aromatic nitrogens is 2. The highest BCUT2D eigenvalue weighted by Crippen LogP contribution is 2.31. The molecule has 5 heterocycles. The summed E-state index contributed by atoms with van der Waals surface area (Å²) in [4.78, 5) is 22.5. The van der Waals surface area contributed by atoms with Gasteiger partial charge in [0.2, 0.25) is 11.9 Å². The molecule has 1 aromatic carbocycles. The third-order valence-corrected chi connectivity index (χ3v) is 7.25. The fourth-order valence-electron chi connectivity index (χ4n) is 4.36. The molecule has 0 radical (unpaired) electrons. The Kier molecular flexibility index (Phi) is 5.28. The lowest BCUT2D eigenvalue weighted by molar-refractivity contribution is 0.207. The average molecular weight is 482 g/mol. The molecular weight excluding hydrogens is 458 g/mol. The van der Waals surface area contributed by atoms with Crippen LogP contribution in [0.2, 0.25) is 5.02 Å². The predicted octanol–water partition coefficient (Wildman–Crippen LogP) is 2.75. The molecule has 3 aliphatic rings. The maximum atomic E-state index is 6.29. The van der Waals surface area contributed by atoms with Crippen LogP contribution in [0, 0.1) is 0 Å². The molecule has 2 N–H and O–H groups in total. The van der Waals surface area contributed by atoms with Crippen molar-refractivity contribution in [2.45, 2.75) is 18.6 Å². The number of hydrogen-bond donors (Lipinski definition) is 2. The lowest BCUT2D eigenvalue weighted by atomic mass is 10.0. The van der Waals surface area contributed by atoms with Gasteiger partial charge in [-0.1, -0.05) is 17.7 Å². The van der Waals surface area contributed by atoms with Gasteiger partial charge in [0.25, 0.3) is 0 Å². The van der Waals surface area contributed by atoms with E-state index in [1.54, 1.807) is 11.3 Å². The standard InChI is InChI=1S/C22H24ClN9S/c1-30-6-8-31(9-7-30)22-28-20-15(14-5-10-33-13-14)11-25-32(20)21(29-22)24-12-18-26-17-4-2-3-16(23)19(17)27-18/h2-5,10-11,13,15,20H,6-9,12H2,1H3,(H,26,27)(H,24,28,29). The smallest absolute Gasteiger partial charge is 0.224 e. The Morgan fingerprint density at radius 2 is 2.09 bits per heavy atom. The summed E-state index contributed by atoms with van der Waals surface area (Å²) in [5.74, 6) is 2.40. The van der Waals surface area contributed by atoms with Gasteiger partial charge >= 0.3 is 0 Å². The highest BCUT2D eigenvalue weighted by molar-refractivity contribution is 7.08. The molecule has 0 saturated carbocycles. The first-order valence-corrected chi connectivity index (χ1v) is 12.3. The van der Waals surface area contributed by atoms with Crippen LogP contribution in [0.4, 0.5) is 0 Å². The van der Waals surface area contributed by atoms with E-state index in [1.165, 1.54) is 5.56 Å². The van der Waals surface area contributed by atoms with Crippen molar-refractivity contribution in [1.82, 2.24) is 30.1 Å². The van der Waals surface area contributed by atoms with Crippen LogP contribution < -0.4 is 5.32 Å². The monoisotopic (exact) mass is 481 g/mol. The fraction of sp³-hybridized carbons (Fsp3) is 0.364. The van der Waals surface area contributed by atoms with Gasteiger partial charge in [0.1, 0.15) is 17.9 Å². The van der Waals surface area contributed by atoms with Gasteiger partial charge in [0.05, 0.1) is 16.5 Å². The van der Waals surface area contributed by atoms with E-state index in [0.29, 0.717) is 17.5 Å². The summed E-state index contributed by atoms with van der Waals surface area (Å²) in [5, 5.41) is 14.9. The molecule has 1 saturated heterocycles. The largest absolute Gasteiger partial charge is 0.340 e. The number of fused-ring (bicyclic) bond motifs is 2. The lowest BCUT2D eigenvalue weighted by Crippen LogP contribution is -2.59. The second-order valence-corrected chi connectivity index (χ2v) is 9.62. The van der Waals surface area contributed by atoms with Crippen LogP contribution in [-0.2, 0) is 6.54 Å². The van der Waals surface area contributed by atoms with Crippen LogP contribution in [-0.4, -0.2) is 82.3 Å². The van der Waals surface area contributed by atoms with Gasteiger partial charge in [-0.2, -0.15) is 16.4 Å². The summed E-state index contributed by atoms with van der Waals surface area (Å²) in [6, 6.07) is 7.87. The molecule has 2 unspecified atom stereocenters. The van der Waals surface area contributed by atoms with Crippen LogP contribution in [0.5, 0.6) is 0 Å². The molecule has 1 fully saturated rings. The number of aromatic amines is 1. The Labute approximate surface area is 200 Å². The number of nitrogens with one attached hydrogen (secondary N) is 2. The third kappa shape index (κ3) is 3.88. The Balaban J connectivity index is 1.31. The maximum absolute atomic E-state index is 6.29. The van der Waals surface area contributed by atoms with E-state index in [-0.39, 0.29) is 12.1 Å². The molecule has 0 aliphatic carbocycles. The van der Waals surface area contributed by atoms with Gasteiger partial charge in [0, 0.05) is 32.4 Å². The van der Waals surface area contributed by atoms with Gasteiger partial charge in [-0.15, -0.1) is 0 Å². The van der Waals surface area contributed by atoms with Crippen molar-refractivity contribution in [1.29, 1.82) is 0 Å². The lowest BCUT2D eigenvalue weighted by Gasteiger charge is -2.39. The molecule has 33 heavy (non-hydrogen) atoms. The number of piperazine rings is 1. The quantitative estimate of drug-likeness (QED) is 0.600. The van der Waals surface area contributed by atoms with E-state index in [1.807, 2.05) is 29.4 Å². The van der Waals surface area contributed by atoms with Crippen LogP contribution in [0.15, 0.2) is 50.1 Å². The average Bonchev–Trinajstić information content (AvgIpc) is 3.57. The third-order valence-electron chi connectivity index (χ3n) is 6.24. The molecule has 3 aromatic rings. The molecule has 0 amide bonds. The van der Waals surface area contributed by atoms with Crippen LogP contribution in [0.25, 0.3) is 11.0 Å². The highest BCUT2D eigenvalue weighted by Gasteiger charge is 2.39. The molecule has 6 rings (SSSR count). The number of hydrogen-bond acceptors (Lipinski definition) is 7. The number of para-hydroxylation sites is 1. The summed E-state index contributed by atoms with van der Waals surface area (Å²) < 4.78 is 0. The fourth-order valence-corrected chi connectivity index (χ4v) is 5.28.